The fraction of sp³-hybridized carbons (Fsp3) is 0.222. The van der Waals surface area contributed by atoms with Crippen molar-refractivity contribution in [1.82, 2.24) is 9.97 Å². The maximum absolute atomic E-state index is 5.79. The topological polar surface area (TPSA) is 28.7 Å². The average molecular weight is 215 g/mol. The van der Waals surface area contributed by atoms with Crippen LogP contribution in [0.4, 0.5) is 0 Å². The molecule has 0 aliphatic rings. The molecule has 0 aliphatic carbocycles. The molecule has 0 saturated heterocycles. The SMILES string of the molecule is ClCc1cc2nc[nH]c2cc1CCl. The Bertz CT molecular complexity index is 384. The third-order valence-electron chi connectivity index (χ3n) is 2.03. The zero-order valence-corrected chi connectivity index (χ0v) is 8.36. The molecule has 0 bridgehead atoms. The molecule has 1 N–H and O–H groups in total. The first-order chi connectivity index (χ1) is 6.35. The van der Waals surface area contributed by atoms with Crippen molar-refractivity contribution in [2.24, 2.45) is 0 Å². The minimum Gasteiger partial charge on any atom is -0.345 e. The van der Waals surface area contributed by atoms with E-state index in [1.165, 1.54) is 0 Å². The van der Waals surface area contributed by atoms with Crippen molar-refractivity contribution in [3.63, 3.8) is 0 Å². The van der Waals surface area contributed by atoms with Crippen LogP contribution in [-0.4, -0.2) is 9.97 Å². The number of aromatic nitrogens is 2. The molecule has 1 aromatic heterocycles. The molecule has 1 aromatic carbocycles. The number of hydrogen-bond acceptors (Lipinski definition) is 1. The molecule has 2 nitrogen and oxygen atoms in total. The maximum atomic E-state index is 5.79. The van der Waals surface area contributed by atoms with E-state index in [1.54, 1.807) is 6.33 Å². The summed E-state index contributed by atoms with van der Waals surface area (Å²) >= 11 is 11.6. The summed E-state index contributed by atoms with van der Waals surface area (Å²) in [4.78, 5) is 7.18. The van der Waals surface area contributed by atoms with Gasteiger partial charge in [-0.1, -0.05) is 0 Å². The molecular weight excluding hydrogens is 207 g/mol. The molecule has 4 heteroatoms. The highest BCUT2D eigenvalue weighted by Gasteiger charge is 2.04. The number of nitrogens with one attached hydrogen (secondary N) is 1. The summed E-state index contributed by atoms with van der Waals surface area (Å²) in [7, 11) is 0. The third kappa shape index (κ3) is 1.52. The van der Waals surface area contributed by atoms with Gasteiger partial charge < -0.3 is 4.98 Å². The number of halogens is 2. The molecule has 0 spiro atoms. The number of hydrogen-bond donors (Lipinski definition) is 1. The van der Waals surface area contributed by atoms with Gasteiger partial charge >= 0.3 is 0 Å². The smallest absolute Gasteiger partial charge is 0.0931 e. The molecule has 2 rings (SSSR count). The van der Waals surface area contributed by atoms with Crippen LogP contribution in [0.3, 0.4) is 0 Å². The molecule has 0 atom stereocenters. The van der Waals surface area contributed by atoms with Gasteiger partial charge in [0, 0.05) is 11.8 Å². The predicted octanol–water partition coefficient (Wildman–Crippen LogP) is 3.04. The zero-order chi connectivity index (χ0) is 9.26. The first kappa shape index (κ1) is 8.85. The van der Waals surface area contributed by atoms with Crippen molar-refractivity contribution < 1.29 is 0 Å². The Labute approximate surface area is 85.9 Å². The number of fused-ring (bicyclic) bond motifs is 1. The molecule has 2 aromatic rings. The predicted molar refractivity (Wildman–Crippen MR) is 55.2 cm³/mol. The number of nitrogens with zero attached hydrogens (tertiary/aromatic N) is 1. The van der Waals surface area contributed by atoms with E-state index in [0.717, 1.165) is 22.2 Å². The van der Waals surface area contributed by atoms with Crippen molar-refractivity contribution in [2.45, 2.75) is 11.8 Å². The molecule has 0 amide bonds. The minimum atomic E-state index is 0.477. The van der Waals surface area contributed by atoms with Crippen molar-refractivity contribution in [3.8, 4) is 0 Å². The standard InChI is InChI=1S/C9H8Cl2N2/c10-3-6-1-8-9(13-5-12-8)2-7(6)4-11/h1-2,5H,3-4H2,(H,12,13). The number of imidazole rings is 1. The van der Waals surface area contributed by atoms with Gasteiger partial charge in [0.25, 0.3) is 0 Å². The first-order valence-electron chi connectivity index (χ1n) is 3.92. The number of H-pyrrole nitrogens is 1. The van der Waals surface area contributed by atoms with Crippen molar-refractivity contribution >= 4 is 34.2 Å². The van der Waals surface area contributed by atoms with E-state index < -0.39 is 0 Å². The van der Waals surface area contributed by atoms with Crippen LogP contribution < -0.4 is 0 Å². The molecule has 0 unspecified atom stereocenters. The summed E-state index contributed by atoms with van der Waals surface area (Å²) in [6.45, 7) is 0. The lowest BCUT2D eigenvalue weighted by Crippen LogP contribution is -1.88. The van der Waals surface area contributed by atoms with Gasteiger partial charge in [0.05, 0.1) is 17.4 Å². The Morgan fingerprint density at radius 2 is 1.85 bits per heavy atom. The minimum absolute atomic E-state index is 0.477. The lowest BCUT2D eigenvalue weighted by Gasteiger charge is -2.02. The van der Waals surface area contributed by atoms with Gasteiger partial charge in [0.2, 0.25) is 0 Å². The molecule has 1 heterocycles. The van der Waals surface area contributed by atoms with Crippen LogP contribution in [-0.2, 0) is 11.8 Å². The molecule has 68 valence electrons. The largest absolute Gasteiger partial charge is 0.345 e. The van der Waals surface area contributed by atoms with Gasteiger partial charge in [0.15, 0.2) is 0 Å². The second-order valence-electron chi connectivity index (χ2n) is 2.81. The number of alkyl halides is 2. The summed E-state index contributed by atoms with van der Waals surface area (Å²) in [5, 5.41) is 0. The second-order valence-corrected chi connectivity index (χ2v) is 3.34. The molecule has 0 saturated carbocycles. The van der Waals surface area contributed by atoms with Crippen molar-refractivity contribution in [2.75, 3.05) is 0 Å². The maximum Gasteiger partial charge on any atom is 0.0931 e. The Balaban J connectivity index is 2.67. The van der Waals surface area contributed by atoms with Crippen LogP contribution in [0, 0.1) is 0 Å². The van der Waals surface area contributed by atoms with E-state index in [-0.39, 0.29) is 0 Å². The van der Waals surface area contributed by atoms with E-state index in [9.17, 15) is 0 Å². The van der Waals surface area contributed by atoms with Gasteiger partial charge in [-0.25, -0.2) is 4.98 Å². The second kappa shape index (κ2) is 3.56. The van der Waals surface area contributed by atoms with Gasteiger partial charge in [-0.2, -0.15) is 0 Å². The van der Waals surface area contributed by atoms with Crippen molar-refractivity contribution in [1.29, 1.82) is 0 Å². The Kier molecular flexibility index (Phi) is 2.42. The van der Waals surface area contributed by atoms with Crippen LogP contribution >= 0.6 is 23.2 Å². The van der Waals surface area contributed by atoms with E-state index in [2.05, 4.69) is 9.97 Å². The monoisotopic (exact) mass is 214 g/mol. The fourth-order valence-electron chi connectivity index (χ4n) is 1.32. The summed E-state index contributed by atoms with van der Waals surface area (Å²) in [6.07, 6.45) is 1.67. The van der Waals surface area contributed by atoms with E-state index in [1.807, 2.05) is 12.1 Å². The summed E-state index contributed by atoms with van der Waals surface area (Å²) in [5.74, 6) is 0.960. The quantitative estimate of drug-likeness (QED) is 0.766. The summed E-state index contributed by atoms with van der Waals surface area (Å²) in [6, 6.07) is 3.96. The lowest BCUT2D eigenvalue weighted by atomic mass is 10.1. The van der Waals surface area contributed by atoms with Crippen LogP contribution in [0.15, 0.2) is 18.5 Å². The average Bonchev–Trinajstić information content (AvgIpc) is 2.62. The van der Waals surface area contributed by atoms with Crippen LogP contribution in [0.5, 0.6) is 0 Å². The fourth-order valence-corrected chi connectivity index (χ4v) is 1.82. The van der Waals surface area contributed by atoms with E-state index in [0.29, 0.717) is 11.8 Å². The lowest BCUT2D eigenvalue weighted by molar-refractivity contribution is 1.28. The normalized spacial score (nSPS) is 10.9. The van der Waals surface area contributed by atoms with Gasteiger partial charge in [-0.05, 0) is 23.3 Å². The molecular formula is C9H8Cl2N2. The Hall–Kier alpha value is -0.730. The summed E-state index contributed by atoms with van der Waals surface area (Å²) in [5.41, 5.74) is 4.05. The van der Waals surface area contributed by atoms with Crippen LogP contribution in [0.2, 0.25) is 0 Å². The zero-order valence-electron chi connectivity index (χ0n) is 6.85. The van der Waals surface area contributed by atoms with Crippen LogP contribution in [0.1, 0.15) is 11.1 Å². The third-order valence-corrected chi connectivity index (χ3v) is 2.61. The van der Waals surface area contributed by atoms with Crippen molar-refractivity contribution in [3.05, 3.63) is 29.6 Å². The highest BCUT2D eigenvalue weighted by atomic mass is 35.5. The number of rotatable bonds is 2. The first-order valence-corrected chi connectivity index (χ1v) is 4.99. The molecule has 0 radical (unpaired) electrons. The van der Waals surface area contributed by atoms with Gasteiger partial charge in [0.1, 0.15) is 0 Å². The Morgan fingerprint density at radius 1 is 1.15 bits per heavy atom. The molecule has 0 fully saturated rings. The highest BCUT2D eigenvalue weighted by molar-refractivity contribution is 6.19. The number of benzene rings is 1. The van der Waals surface area contributed by atoms with Gasteiger partial charge in [-0.3, -0.25) is 0 Å². The highest BCUT2D eigenvalue weighted by Crippen LogP contribution is 2.20. The molecule has 0 aliphatic heterocycles. The van der Waals surface area contributed by atoms with Crippen LogP contribution in [0.25, 0.3) is 11.0 Å². The summed E-state index contributed by atoms with van der Waals surface area (Å²) < 4.78 is 0. The van der Waals surface area contributed by atoms with E-state index >= 15 is 0 Å². The van der Waals surface area contributed by atoms with E-state index in [4.69, 9.17) is 23.2 Å². The number of aromatic amines is 1. The van der Waals surface area contributed by atoms with Gasteiger partial charge in [-0.15, -0.1) is 23.2 Å². The Morgan fingerprint density at radius 3 is 2.54 bits per heavy atom. The molecule has 13 heavy (non-hydrogen) atoms.